The molecule has 1 aliphatic heterocycles. The number of benzene rings is 1. The van der Waals surface area contributed by atoms with Crippen molar-refractivity contribution in [1.82, 2.24) is 0 Å². The molecule has 1 heterocycles. The Morgan fingerprint density at radius 3 is 2.33 bits per heavy atom. The summed E-state index contributed by atoms with van der Waals surface area (Å²) >= 11 is 6.91. The summed E-state index contributed by atoms with van der Waals surface area (Å²) in [5, 5.41) is 9.31. The SMILES string of the molecule is Cc1c(Br)c(CO)c2c(c1Br)OCCO2. The van der Waals surface area contributed by atoms with Crippen molar-refractivity contribution < 1.29 is 14.6 Å². The Labute approximate surface area is 105 Å². The van der Waals surface area contributed by atoms with E-state index in [2.05, 4.69) is 31.9 Å². The standard InChI is InChI=1S/C10H10Br2O3/c1-5-7(11)6(4-13)9-10(8(5)12)15-3-2-14-9/h13H,2-4H2,1H3. The Hall–Kier alpha value is -0.260. The second-order valence-corrected chi connectivity index (χ2v) is 4.83. The summed E-state index contributed by atoms with van der Waals surface area (Å²) < 4.78 is 12.8. The Kier molecular flexibility index (Phi) is 3.23. The van der Waals surface area contributed by atoms with Gasteiger partial charge in [0, 0.05) is 10.0 Å². The van der Waals surface area contributed by atoms with Crippen LogP contribution >= 0.6 is 31.9 Å². The number of ether oxygens (including phenoxy) is 2. The molecule has 1 N–H and O–H groups in total. The van der Waals surface area contributed by atoms with Gasteiger partial charge in [-0.25, -0.2) is 0 Å². The summed E-state index contributed by atoms with van der Waals surface area (Å²) in [7, 11) is 0. The molecule has 3 nitrogen and oxygen atoms in total. The van der Waals surface area contributed by atoms with Crippen LogP contribution in [0.5, 0.6) is 11.5 Å². The van der Waals surface area contributed by atoms with Crippen molar-refractivity contribution in [2.24, 2.45) is 0 Å². The van der Waals surface area contributed by atoms with Crippen molar-refractivity contribution in [2.75, 3.05) is 13.2 Å². The molecular weight excluding hydrogens is 328 g/mol. The fourth-order valence-corrected chi connectivity index (χ4v) is 2.80. The zero-order chi connectivity index (χ0) is 11.0. The van der Waals surface area contributed by atoms with Gasteiger partial charge in [-0.1, -0.05) is 0 Å². The molecular formula is C10H10Br2O3. The van der Waals surface area contributed by atoms with Crippen molar-refractivity contribution in [1.29, 1.82) is 0 Å². The van der Waals surface area contributed by atoms with Gasteiger partial charge in [-0.15, -0.1) is 0 Å². The highest BCUT2D eigenvalue weighted by atomic mass is 79.9. The van der Waals surface area contributed by atoms with Gasteiger partial charge in [0.1, 0.15) is 13.2 Å². The maximum absolute atomic E-state index is 9.31. The molecule has 5 heteroatoms. The van der Waals surface area contributed by atoms with Crippen LogP contribution in [0.3, 0.4) is 0 Å². The Bertz CT molecular complexity index is 381. The molecule has 2 rings (SSSR count). The van der Waals surface area contributed by atoms with Crippen molar-refractivity contribution in [3.8, 4) is 11.5 Å². The summed E-state index contributed by atoms with van der Waals surface area (Å²) in [4.78, 5) is 0. The Balaban J connectivity index is 2.70. The number of halogens is 2. The maximum atomic E-state index is 9.31. The molecule has 15 heavy (non-hydrogen) atoms. The van der Waals surface area contributed by atoms with Crippen LogP contribution in [-0.4, -0.2) is 18.3 Å². The van der Waals surface area contributed by atoms with E-state index >= 15 is 0 Å². The van der Waals surface area contributed by atoms with Gasteiger partial charge in [0.15, 0.2) is 11.5 Å². The van der Waals surface area contributed by atoms with E-state index in [0.29, 0.717) is 24.7 Å². The molecule has 0 fully saturated rings. The lowest BCUT2D eigenvalue weighted by molar-refractivity contribution is 0.163. The van der Waals surface area contributed by atoms with Crippen molar-refractivity contribution >= 4 is 31.9 Å². The van der Waals surface area contributed by atoms with Gasteiger partial charge < -0.3 is 14.6 Å². The van der Waals surface area contributed by atoms with Crippen molar-refractivity contribution in [2.45, 2.75) is 13.5 Å². The van der Waals surface area contributed by atoms with Gasteiger partial charge >= 0.3 is 0 Å². The van der Waals surface area contributed by atoms with Crippen molar-refractivity contribution in [3.05, 3.63) is 20.1 Å². The highest BCUT2D eigenvalue weighted by Crippen LogP contribution is 2.46. The minimum Gasteiger partial charge on any atom is -0.486 e. The third-order valence-electron chi connectivity index (χ3n) is 2.34. The number of hydrogen-bond donors (Lipinski definition) is 1. The molecule has 0 atom stereocenters. The monoisotopic (exact) mass is 336 g/mol. The van der Waals surface area contributed by atoms with Gasteiger partial charge in [-0.2, -0.15) is 0 Å². The fourth-order valence-electron chi connectivity index (χ4n) is 1.54. The van der Waals surface area contributed by atoms with Crippen LogP contribution in [0.4, 0.5) is 0 Å². The van der Waals surface area contributed by atoms with Gasteiger partial charge in [0.25, 0.3) is 0 Å². The van der Waals surface area contributed by atoms with Crippen LogP contribution in [0, 0.1) is 6.92 Å². The first-order valence-electron chi connectivity index (χ1n) is 4.53. The zero-order valence-corrected chi connectivity index (χ0v) is 11.3. The first kappa shape index (κ1) is 11.2. The average Bonchev–Trinajstić information content (AvgIpc) is 2.27. The number of aliphatic hydroxyl groups excluding tert-OH is 1. The van der Waals surface area contributed by atoms with Crippen LogP contribution in [0.15, 0.2) is 8.95 Å². The molecule has 0 spiro atoms. The largest absolute Gasteiger partial charge is 0.486 e. The molecule has 82 valence electrons. The van der Waals surface area contributed by atoms with Crippen LogP contribution in [0.2, 0.25) is 0 Å². The lowest BCUT2D eigenvalue weighted by atomic mass is 10.1. The predicted molar refractivity (Wildman–Crippen MR) is 63.5 cm³/mol. The van der Waals surface area contributed by atoms with E-state index in [-0.39, 0.29) is 6.61 Å². The van der Waals surface area contributed by atoms with Gasteiger partial charge in [-0.05, 0) is 44.3 Å². The van der Waals surface area contributed by atoms with E-state index in [1.54, 1.807) is 0 Å². The molecule has 0 amide bonds. The molecule has 1 aromatic rings. The summed E-state index contributed by atoms with van der Waals surface area (Å²) in [6.07, 6.45) is 0. The van der Waals surface area contributed by atoms with Crippen LogP contribution in [-0.2, 0) is 6.61 Å². The van der Waals surface area contributed by atoms with Crippen molar-refractivity contribution in [3.63, 3.8) is 0 Å². The first-order valence-corrected chi connectivity index (χ1v) is 6.12. The van der Waals surface area contributed by atoms with E-state index in [1.807, 2.05) is 6.92 Å². The average molecular weight is 338 g/mol. The summed E-state index contributed by atoms with van der Waals surface area (Å²) in [6.45, 7) is 2.94. The summed E-state index contributed by atoms with van der Waals surface area (Å²) in [5.41, 5.74) is 1.74. The molecule has 1 aromatic carbocycles. The predicted octanol–water partition coefficient (Wildman–Crippen LogP) is 2.78. The fraction of sp³-hybridized carbons (Fsp3) is 0.400. The molecule has 0 bridgehead atoms. The Morgan fingerprint density at radius 1 is 1.13 bits per heavy atom. The molecule has 1 aliphatic rings. The highest BCUT2D eigenvalue weighted by Gasteiger charge is 2.24. The third-order valence-corrected chi connectivity index (χ3v) is 4.37. The van der Waals surface area contributed by atoms with E-state index < -0.39 is 0 Å². The lowest BCUT2D eigenvalue weighted by Gasteiger charge is -2.24. The third kappa shape index (κ3) is 1.77. The number of rotatable bonds is 1. The lowest BCUT2D eigenvalue weighted by Crippen LogP contribution is -2.17. The number of hydrogen-bond acceptors (Lipinski definition) is 3. The quantitative estimate of drug-likeness (QED) is 0.856. The topological polar surface area (TPSA) is 38.7 Å². The molecule has 0 saturated heterocycles. The van der Waals surface area contributed by atoms with Gasteiger partial charge in [0.05, 0.1) is 11.1 Å². The molecule has 0 aliphatic carbocycles. The van der Waals surface area contributed by atoms with Gasteiger partial charge in [0.2, 0.25) is 0 Å². The normalized spacial score (nSPS) is 14.1. The maximum Gasteiger partial charge on any atom is 0.176 e. The van der Waals surface area contributed by atoms with Crippen LogP contribution in [0.25, 0.3) is 0 Å². The summed E-state index contributed by atoms with van der Waals surface area (Å²) in [6, 6.07) is 0. The summed E-state index contributed by atoms with van der Waals surface area (Å²) in [5.74, 6) is 1.32. The molecule has 0 unspecified atom stereocenters. The van der Waals surface area contributed by atoms with E-state index in [1.165, 1.54) is 0 Å². The van der Waals surface area contributed by atoms with E-state index in [9.17, 15) is 5.11 Å². The van der Waals surface area contributed by atoms with Gasteiger partial charge in [-0.3, -0.25) is 0 Å². The molecule has 0 saturated carbocycles. The number of fused-ring (bicyclic) bond motifs is 1. The van der Waals surface area contributed by atoms with E-state index in [4.69, 9.17) is 9.47 Å². The van der Waals surface area contributed by atoms with Crippen LogP contribution < -0.4 is 9.47 Å². The Morgan fingerprint density at radius 2 is 1.73 bits per heavy atom. The minimum atomic E-state index is -0.0691. The second kappa shape index (κ2) is 4.31. The highest BCUT2D eigenvalue weighted by molar-refractivity contribution is 9.11. The smallest absolute Gasteiger partial charge is 0.176 e. The zero-order valence-electron chi connectivity index (χ0n) is 8.14. The van der Waals surface area contributed by atoms with E-state index in [0.717, 1.165) is 20.1 Å². The first-order chi connectivity index (χ1) is 7.16. The minimum absolute atomic E-state index is 0.0691. The van der Waals surface area contributed by atoms with Crippen LogP contribution in [0.1, 0.15) is 11.1 Å². The second-order valence-electron chi connectivity index (χ2n) is 3.24. The number of aliphatic hydroxyl groups is 1. The molecule has 0 radical (unpaired) electrons. The molecule has 0 aromatic heterocycles.